The minimum absolute atomic E-state index is 0.0458. The van der Waals surface area contributed by atoms with E-state index in [4.69, 9.17) is 9.47 Å². The van der Waals surface area contributed by atoms with Gasteiger partial charge in [0, 0.05) is 13.7 Å². The Bertz CT molecular complexity index is 184. The van der Waals surface area contributed by atoms with E-state index in [1.807, 2.05) is 6.92 Å². The average molecular weight is 245 g/mol. The molecular weight excluding hydrogens is 218 g/mol. The van der Waals surface area contributed by atoms with Crippen LogP contribution in [0, 0.1) is 5.92 Å². The first-order valence-corrected chi connectivity index (χ1v) is 6.71. The van der Waals surface area contributed by atoms with Gasteiger partial charge >= 0.3 is 0 Å². The molecule has 2 unspecified atom stereocenters. The van der Waals surface area contributed by atoms with Gasteiger partial charge < -0.3 is 19.9 Å². The van der Waals surface area contributed by atoms with Gasteiger partial charge in [-0.05, 0) is 32.2 Å². The summed E-state index contributed by atoms with van der Waals surface area (Å²) in [6, 6.07) is 0. The number of rotatable bonds is 9. The lowest BCUT2D eigenvalue weighted by Gasteiger charge is -2.17. The maximum absolute atomic E-state index is 9.71. The number of nitrogens with one attached hydrogen (secondary N) is 1. The highest BCUT2D eigenvalue weighted by Gasteiger charge is 2.15. The summed E-state index contributed by atoms with van der Waals surface area (Å²) in [6.07, 6.45) is 5.04. The molecule has 0 aromatic rings. The molecule has 4 heteroatoms. The van der Waals surface area contributed by atoms with E-state index >= 15 is 0 Å². The van der Waals surface area contributed by atoms with Crippen LogP contribution in [0.2, 0.25) is 0 Å². The van der Waals surface area contributed by atoms with Crippen molar-refractivity contribution in [1.82, 2.24) is 5.32 Å². The number of aliphatic hydroxyl groups is 1. The quantitative estimate of drug-likeness (QED) is 0.640. The van der Waals surface area contributed by atoms with Crippen molar-refractivity contribution < 1.29 is 14.6 Å². The number of hydrogen-bond donors (Lipinski definition) is 2. The molecule has 17 heavy (non-hydrogen) atoms. The third-order valence-corrected chi connectivity index (χ3v) is 3.26. The summed E-state index contributed by atoms with van der Waals surface area (Å²) in [5.74, 6) is 0.815. The lowest BCUT2D eigenvalue weighted by molar-refractivity contribution is -0.0311. The average Bonchev–Trinajstić information content (AvgIpc) is 2.80. The molecule has 0 aliphatic heterocycles. The second kappa shape index (κ2) is 8.86. The maximum atomic E-state index is 9.71. The van der Waals surface area contributed by atoms with Gasteiger partial charge in [-0.15, -0.1) is 0 Å². The highest BCUT2D eigenvalue weighted by atomic mass is 16.5. The molecule has 102 valence electrons. The molecule has 4 nitrogen and oxygen atoms in total. The third-order valence-electron chi connectivity index (χ3n) is 3.26. The molecule has 1 aliphatic carbocycles. The predicted molar refractivity (Wildman–Crippen MR) is 68.1 cm³/mol. The van der Waals surface area contributed by atoms with Crippen LogP contribution in [0.1, 0.15) is 32.6 Å². The molecule has 2 atom stereocenters. The van der Waals surface area contributed by atoms with Gasteiger partial charge in [-0.2, -0.15) is 0 Å². The first-order chi connectivity index (χ1) is 8.22. The Kier molecular flexibility index (Phi) is 7.77. The second-order valence-electron chi connectivity index (χ2n) is 5.06. The van der Waals surface area contributed by atoms with E-state index in [1.165, 1.54) is 25.7 Å². The molecule has 0 saturated heterocycles. The van der Waals surface area contributed by atoms with E-state index < -0.39 is 6.10 Å². The standard InChI is InChI=1S/C13H27NO3/c1-11(9-16-2)17-10-13(15)8-14-7-12-5-3-4-6-12/h11-15H,3-10H2,1-2H3. The lowest BCUT2D eigenvalue weighted by Crippen LogP contribution is -2.34. The van der Waals surface area contributed by atoms with Crippen molar-refractivity contribution in [2.24, 2.45) is 5.92 Å². The molecule has 1 aliphatic rings. The van der Waals surface area contributed by atoms with Crippen molar-refractivity contribution in [1.29, 1.82) is 0 Å². The SMILES string of the molecule is COCC(C)OCC(O)CNCC1CCCC1. The van der Waals surface area contributed by atoms with Gasteiger partial charge in [-0.3, -0.25) is 0 Å². The van der Waals surface area contributed by atoms with E-state index in [9.17, 15) is 5.11 Å². The normalized spacial score (nSPS) is 20.6. The van der Waals surface area contributed by atoms with Gasteiger partial charge in [0.25, 0.3) is 0 Å². The van der Waals surface area contributed by atoms with Crippen molar-refractivity contribution >= 4 is 0 Å². The summed E-state index contributed by atoms with van der Waals surface area (Å²) in [4.78, 5) is 0. The van der Waals surface area contributed by atoms with Crippen LogP contribution in [0.5, 0.6) is 0 Å². The highest BCUT2D eigenvalue weighted by molar-refractivity contribution is 4.70. The Morgan fingerprint density at radius 3 is 2.65 bits per heavy atom. The van der Waals surface area contributed by atoms with E-state index in [1.54, 1.807) is 7.11 Å². The molecule has 2 N–H and O–H groups in total. The van der Waals surface area contributed by atoms with E-state index in [-0.39, 0.29) is 6.10 Å². The van der Waals surface area contributed by atoms with Crippen LogP contribution in [-0.4, -0.2) is 50.7 Å². The fourth-order valence-corrected chi connectivity index (χ4v) is 2.29. The monoisotopic (exact) mass is 245 g/mol. The van der Waals surface area contributed by atoms with Crippen LogP contribution in [0.15, 0.2) is 0 Å². The molecule has 1 rings (SSSR count). The van der Waals surface area contributed by atoms with Crippen LogP contribution in [0.4, 0.5) is 0 Å². The van der Waals surface area contributed by atoms with Crippen LogP contribution in [0.25, 0.3) is 0 Å². The van der Waals surface area contributed by atoms with E-state index in [2.05, 4.69) is 5.32 Å². The molecule has 0 aromatic carbocycles. The van der Waals surface area contributed by atoms with Crippen molar-refractivity contribution in [3.05, 3.63) is 0 Å². The van der Waals surface area contributed by atoms with Crippen LogP contribution in [-0.2, 0) is 9.47 Å². The van der Waals surface area contributed by atoms with Crippen molar-refractivity contribution in [2.45, 2.75) is 44.8 Å². The van der Waals surface area contributed by atoms with Crippen molar-refractivity contribution in [3.8, 4) is 0 Å². The molecule has 0 spiro atoms. The smallest absolute Gasteiger partial charge is 0.0897 e. The van der Waals surface area contributed by atoms with Crippen molar-refractivity contribution in [2.75, 3.05) is 33.4 Å². The molecular formula is C13H27NO3. The Balaban J connectivity index is 1.94. The molecule has 0 bridgehead atoms. The Morgan fingerprint density at radius 1 is 1.29 bits per heavy atom. The van der Waals surface area contributed by atoms with E-state index in [0.29, 0.717) is 19.8 Å². The van der Waals surface area contributed by atoms with Crippen LogP contribution < -0.4 is 5.32 Å². The Hall–Kier alpha value is -0.160. The molecule has 0 aromatic heterocycles. The largest absolute Gasteiger partial charge is 0.389 e. The van der Waals surface area contributed by atoms with Crippen molar-refractivity contribution in [3.63, 3.8) is 0 Å². The molecule has 0 amide bonds. The fraction of sp³-hybridized carbons (Fsp3) is 1.00. The summed E-state index contributed by atoms with van der Waals surface area (Å²) in [5.41, 5.74) is 0. The van der Waals surface area contributed by atoms with Gasteiger partial charge in [0.1, 0.15) is 0 Å². The number of ether oxygens (including phenoxy) is 2. The minimum atomic E-state index is -0.421. The zero-order valence-corrected chi connectivity index (χ0v) is 11.2. The maximum Gasteiger partial charge on any atom is 0.0897 e. The summed E-state index contributed by atoms with van der Waals surface area (Å²) in [6.45, 7) is 4.55. The fourth-order valence-electron chi connectivity index (χ4n) is 2.29. The zero-order chi connectivity index (χ0) is 12.5. The third kappa shape index (κ3) is 6.99. The first-order valence-electron chi connectivity index (χ1n) is 6.71. The molecule has 1 fully saturated rings. The Labute approximate surface area is 105 Å². The summed E-state index contributed by atoms with van der Waals surface area (Å²) in [5, 5.41) is 13.0. The molecule has 1 saturated carbocycles. The lowest BCUT2D eigenvalue weighted by atomic mass is 10.1. The van der Waals surface area contributed by atoms with Gasteiger partial charge in [-0.1, -0.05) is 12.8 Å². The number of hydrogen-bond acceptors (Lipinski definition) is 4. The minimum Gasteiger partial charge on any atom is -0.389 e. The van der Waals surface area contributed by atoms with E-state index in [0.717, 1.165) is 12.5 Å². The van der Waals surface area contributed by atoms with Gasteiger partial charge in [0.15, 0.2) is 0 Å². The molecule has 0 heterocycles. The topological polar surface area (TPSA) is 50.7 Å². The zero-order valence-electron chi connectivity index (χ0n) is 11.2. The number of aliphatic hydroxyl groups excluding tert-OH is 1. The van der Waals surface area contributed by atoms with Crippen LogP contribution in [0.3, 0.4) is 0 Å². The second-order valence-corrected chi connectivity index (χ2v) is 5.06. The van der Waals surface area contributed by atoms with Crippen LogP contribution >= 0.6 is 0 Å². The van der Waals surface area contributed by atoms with Gasteiger partial charge in [0.2, 0.25) is 0 Å². The first kappa shape index (κ1) is 14.9. The summed E-state index contributed by atoms with van der Waals surface area (Å²) >= 11 is 0. The Morgan fingerprint density at radius 2 is 2.00 bits per heavy atom. The summed E-state index contributed by atoms with van der Waals surface area (Å²) in [7, 11) is 1.65. The predicted octanol–water partition coefficient (Wildman–Crippen LogP) is 1.18. The van der Waals surface area contributed by atoms with Gasteiger partial charge in [-0.25, -0.2) is 0 Å². The molecule has 0 radical (unpaired) electrons. The summed E-state index contributed by atoms with van der Waals surface area (Å²) < 4.78 is 10.4. The highest BCUT2D eigenvalue weighted by Crippen LogP contribution is 2.23. The van der Waals surface area contributed by atoms with Gasteiger partial charge in [0.05, 0.1) is 25.4 Å². The number of methoxy groups -OCH3 is 1.